The molecule has 0 atom stereocenters. The fraction of sp³-hybridized carbons (Fsp3) is 0.103. The summed E-state index contributed by atoms with van der Waals surface area (Å²) < 4.78 is 24.3. The SMILES string of the molecule is Cc1cc(Cl)ccc1NC(=O)c1ccccc1CC(=O)c1ccc(-c2ccccc2S(C)(=O)=O)cc1. The van der Waals surface area contributed by atoms with E-state index in [0.29, 0.717) is 38.5 Å². The Morgan fingerprint density at radius 1 is 0.861 bits per heavy atom. The van der Waals surface area contributed by atoms with E-state index in [1.807, 2.05) is 6.92 Å². The first-order valence-electron chi connectivity index (χ1n) is 11.2. The number of halogens is 1. The van der Waals surface area contributed by atoms with Crippen LogP contribution in [0.4, 0.5) is 5.69 Å². The molecule has 0 bridgehead atoms. The standard InChI is InChI=1S/C29H24ClNO4S/c1-19-17-23(30)15-16-26(19)31-29(33)25-9-4-3-7-22(25)18-27(32)21-13-11-20(12-14-21)24-8-5-6-10-28(24)36(2,34)35/h3-17H,18H2,1-2H3,(H,31,33). The van der Waals surface area contributed by atoms with Crippen molar-refractivity contribution >= 4 is 38.8 Å². The lowest BCUT2D eigenvalue weighted by molar-refractivity contribution is 0.0992. The van der Waals surface area contributed by atoms with Crippen molar-refractivity contribution in [1.82, 2.24) is 0 Å². The number of aryl methyl sites for hydroxylation is 1. The molecule has 0 saturated heterocycles. The quantitative estimate of drug-likeness (QED) is 0.288. The first-order valence-corrected chi connectivity index (χ1v) is 13.5. The Hall–Kier alpha value is -3.74. The Labute approximate surface area is 215 Å². The lowest BCUT2D eigenvalue weighted by Gasteiger charge is -2.12. The number of benzene rings is 4. The van der Waals surface area contributed by atoms with Gasteiger partial charge >= 0.3 is 0 Å². The van der Waals surface area contributed by atoms with Gasteiger partial charge in [0.2, 0.25) is 0 Å². The highest BCUT2D eigenvalue weighted by Gasteiger charge is 2.17. The van der Waals surface area contributed by atoms with Crippen molar-refractivity contribution in [3.63, 3.8) is 0 Å². The van der Waals surface area contributed by atoms with Gasteiger partial charge in [-0.15, -0.1) is 0 Å². The van der Waals surface area contributed by atoms with Gasteiger partial charge in [-0.2, -0.15) is 0 Å². The summed E-state index contributed by atoms with van der Waals surface area (Å²) in [6.45, 7) is 1.86. The third-order valence-electron chi connectivity index (χ3n) is 5.85. The summed E-state index contributed by atoms with van der Waals surface area (Å²) >= 11 is 6.01. The Bertz CT molecular complexity index is 1560. The van der Waals surface area contributed by atoms with E-state index in [-0.39, 0.29) is 23.0 Å². The molecule has 182 valence electrons. The van der Waals surface area contributed by atoms with E-state index >= 15 is 0 Å². The smallest absolute Gasteiger partial charge is 0.255 e. The minimum absolute atomic E-state index is 0.0441. The highest BCUT2D eigenvalue weighted by atomic mass is 35.5. The van der Waals surface area contributed by atoms with Crippen molar-refractivity contribution < 1.29 is 18.0 Å². The Kier molecular flexibility index (Phi) is 7.38. The van der Waals surface area contributed by atoms with E-state index in [1.54, 1.807) is 91.0 Å². The van der Waals surface area contributed by atoms with Crippen LogP contribution in [0.15, 0.2) is 95.9 Å². The molecule has 0 aliphatic heterocycles. The normalized spacial score (nSPS) is 11.2. The van der Waals surface area contributed by atoms with Crippen LogP contribution in [0.1, 0.15) is 31.8 Å². The lowest BCUT2D eigenvalue weighted by Crippen LogP contribution is -2.16. The van der Waals surface area contributed by atoms with Crippen molar-refractivity contribution in [3.8, 4) is 11.1 Å². The van der Waals surface area contributed by atoms with Gasteiger partial charge in [0.05, 0.1) is 4.90 Å². The van der Waals surface area contributed by atoms with Crippen LogP contribution in [0, 0.1) is 6.92 Å². The van der Waals surface area contributed by atoms with Crippen LogP contribution in [0.3, 0.4) is 0 Å². The third kappa shape index (κ3) is 5.73. The maximum atomic E-state index is 13.1. The van der Waals surface area contributed by atoms with Crippen LogP contribution < -0.4 is 5.32 Å². The molecule has 0 unspecified atom stereocenters. The van der Waals surface area contributed by atoms with Crippen LogP contribution in [-0.2, 0) is 16.3 Å². The first-order chi connectivity index (χ1) is 17.1. The Balaban J connectivity index is 1.54. The molecule has 5 nitrogen and oxygen atoms in total. The topological polar surface area (TPSA) is 80.3 Å². The zero-order valence-corrected chi connectivity index (χ0v) is 21.4. The lowest BCUT2D eigenvalue weighted by atomic mass is 9.96. The number of ketones is 1. The second-order valence-electron chi connectivity index (χ2n) is 8.52. The molecule has 0 aliphatic carbocycles. The van der Waals surface area contributed by atoms with Gasteiger partial charge in [0.15, 0.2) is 15.6 Å². The van der Waals surface area contributed by atoms with Gasteiger partial charge in [-0.05, 0) is 53.9 Å². The summed E-state index contributed by atoms with van der Waals surface area (Å²) in [4.78, 5) is 26.3. The average Bonchev–Trinajstić information content (AvgIpc) is 2.85. The largest absolute Gasteiger partial charge is 0.322 e. The molecule has 0 heterocycles. The van der Waals surface area contributed by atoms with E-state index in [4.69, 9.17) is 11.6 Å². The maximum absolute atomic E-state index is 13.1. The molecule has 0 saturated carbocycles. The van der Waals surface area contributed by atoms with Crippen molar-refractivity contribution in [1.29, 1.82) is 0 Å². The molecule has 0 aromatic heterocycles. The number of sulfone groups is 1. The fourth-order valence-corrected chi connectivity index (χ4v) is 5.13. The molecule has 1 amide bonds. The number of nitrogens with one attached hydrogen (secondary N) is 1. The maximum Gasteiger partial charge on any atom is 0.255 e. The molecular formula is C29H24ClNO4S. The number of carbonyl (C=O) groups excluding carboxylic acids is 2. The van der Waals surface area contributed by atoms with Crippen molar-refractivity contribution in [3.05, 3.63) is 118 Å². The van der Waals surface area contributed by atoms with E-state index in [2.05, 4.69) is 5.32 Å². The molecular weight excluding hydrogens is 494 g/mol. The molecule has 4 aromatic carbocycles. The second kappa shape index (κ2) is 10.5. The number of amides is 1. The number of anilines is 1. The molecule has 4 aromatic rings. The monoisotopic (exact) mass is 517 g/mol. The third-order valence-corrected chi connectivity index (χ3v) is 7.24. The average molecular weight is 518 g/mol. The minimum Gasteiger partial charge on any atom is -0.322 e. The van der Waals surface area contributed by atoms with Gasteiger partial charge < -0.3 is 5.32 Å². The summed E-state index contributed by atoms with van der Waals surface area (Å²) in [6, 6.07) is 25.8. The van der Waals surface area contributed by atoms with Gasteiger partial charge in [-0.3, -0.25) is 9.59 Å². The second-order valence-corrected chi connectivity index (χ2v) is 10.9. The summed E-state index contributed by atoms with van der Waals surface area (Å²) in [5.41, 5.74) is 4.26. The van der Waals surface area contributed by atoms with Crippen LogP contribution in [0.5, 0.6) is 0 Å². The molecule has 4 rings (SSSR count). The Morgan fingerprint density at radius 3 is 2.22 bits per heavy atom. The number of carbonyl (C=O) groups is 2. The summed E-state index contributed by atoms with van der Waals surface area (Å²) in [7, 11) is -3.40. The van der Waals surface area contributed by atoms with Crippen molar-refractivity contribution in [2.24, 2.45) is 0 Å². The predicted molar refractivity (Wildman–Crippen MR) is 144 cm³/mol. The minimum atomic E-state index is -3.40. The van der Waals surface area contributed by atoms with Gasteiger partial charge in [-0.1, -0.05) is 72.3 Å². The van der Waals surface area contributed by atoms with Crippen LogP contribution >= 0.6 is 11.6 Å². The molecule has 0 aliphatic rings. The van der Waals surface area contributed by atoms with Gasteiger partial charge in [0.25, 0.3) is 5.91 Å². The Morgan fingerprint density at radius 2 is 1.53 bits per heavy atom. The van der Waals surface area contributed by atoms with Crippen molar-refractivity contribution in [2.45, 2.75) is 18.2 Å². The number of hydrogen-bond donors (Lipinski definition) is 1. The van der Waals surface area contributed by atoms with Crippen molar-refractivity contribution in [2.75, 3.05) is 11.6 Å². The van der Waals surface area contributed by atoms with E-state index < -0.39 is 9.84 Å². The number of Topliss-reactive ketones (excluding diaryl/α,β-unsaturated/α-hetero) is 1. The summed E-state index contributed by atoms with van der Waals surface area (Å²) in [6.07, 6.45) is 1.22. The number of hydrogen-bond acceptors (Lipinski definition) is 4. The molecule has 36 heavy (non-hydrogen) atoms. The van der Waals surface area contributed by atoms with E-state index in [1.165, 1.54) is 6.26 Å². The van der Waals surface area contributed by atoms with Gasteiger partial charge in [-0.25, -0.2) is 8.42 Å². The number of rotatable bonds is 7. The molecule has 0 fully saturated rings. The summed E-state index contributed by atoms with van der Waals surface area (Å²) in [5.74, 6) is -0.461. The zero-order chi connectivity index (χ0) is 25.9. The highest BCUT2D eigenvalue weighted by Crippen LogP contribution is 2.28. The fourth-order valence-electron chi connectivity index (χ4n) is 3.99. The molecule has 0 radical (unpaired) electrons. The van der Waals surface area contributed by atoms with Crippen LogP contribution in [0.25, 0.3) is 11.1 Å². The highest BCUT2D eigenvalue weighted by molar-refractivity contribution is 7.90. The van der Waals surface area contributed by atoms with Gasteiger partial charge in [0, 0.05) is 40.1 Å². The van der Waals surface area contributed by atoms with E-state index in [9.17, 15) is 18.0 Å². The summed E-state index contributed by atoms with van der Waals surface area (Å²) in [5, 5.41) is 3.48. The van der Waals surface area contributed by atoms with E-state index in [0.717, 1.165) is 5.56 Å². The molecule has 0 spiro atoms. The van der Waals surface area contributed by atoms with Crippen LogP contribution in [-0.4, -0.2) is 26.4 Å². The zero-order valence-electron chi connectivity index (χ0n) is 19.8. The predicted octanol–water partition coefficient (Wildman–Crippen LogP) is 6.40. The van der Waals surface area contributed by atoms with Gasteiger partial charge in [0.1, 0.15) is 0 Å². The molecule has 7 heteroatoms. The van der Waals surface area contributed by atoms with Crippen LogP contribution in [0.2, 0.25) is 5.02 Å². The molecule has 1 N–H and O–H groups in total. The first kappa shape index (κ1) is 25.4.